The number of anilines is 1. The molecule has 2 saturated heterocycles. The summed E-state index contributed by atoms with van der Waals surface area (Å²) in [6.07, 6.45) is 4.15. The molecule has 3 rings (SSSR count). The third-order valence-electron chi connectivity index (χ3n) is 4.40. The van der Waals surface area contributed by atoms with Gasteiger partial charge in [-0.15, -0.1) is 0 Å². The van der Waals surface area contributed by atoms with Crippen LogP contribution < -0.4 is 10.2 Å². The second-order valence-corrected chi connectivity index (χ2v) is 5.42. The van der Waals surface area contributed by atoms with Crippen molar-refractivity contribution in [2.45, 2.75) is 19.3 Å². The molecule has 0 saturated carbocycles. The van der Waals surface area contributed by atoms with Crippen molar-refractivity contribution in [3.8, 4) is 0 Å². The molecule has 2 aliphatic rings. The van der Waals surface area contributed by atoms with Gasteiger partial charge in [-0.1, -0.05) is 18.2 Å². The van der Waals surface area contributed by atoms with Crippen molar-refractivity contribution in [3.05, 3.63) is 30.3 Å². The largest absolute Gasteiger partial charge is 0.371 e. The molecular formula is C15H22N2. The summed E-state index contributed by atoms with van der Waals surface area (Å²) in [5.41, 5.74) is 1.41. The van der Waals surface area contributed by atoms with Crippen molar-refractivity contribution in [2.75, 3.05) is 31.1 Å². The van der Waals surface area contributed by atoms with Crippen molar-refractivity contribution in [1.82, 2.24) is 5.32 Å². The Kier molecular flexibility index (Phi) is 3.32. The molecule has 0 bridgehead atoms. The Balaban J connectivity index is 1.61. The van der Waals surface area contributed by atoms with Gasteiger partial charge in [0, 0.05) is 18.8 Å². The Hall–Kier alpha value is -1.02. The lowest BCUT2D eigenvalue weighted by atomic mass is 9.84. The van der Waals surface area contributed by atoms with Crippen LogP contribution in [0.1, 0.15) is 19.3 Å². The standard InChI is InChI=1S/C15H22N2/c1-2-4-15(5-3-1)17-11-8-14(12-17)13-6-9-16-10-7-13/h1-5,13-14,16H,6-12H2. The van der Waals surface area contributed by atoms with E-state index in [1.807, 2.05) is 0 Å². The number of hydrogen-bond acceptors (Lipinski definition) is 2. The highest BCUT2D eigenvalue weighted by atomic mass is 15.2. The molecule has 1 aromatic carbocycles. The summed E-state index contributed by atoms with van der Waals surface area (Å²) in [4.78, 5) is 2.56. The molecule has 17 heavy (non-hydrogen) atoms. The van der Waals surface area contributed by atoms with Crippen LogP contribution in [0.15, 0.2) is 30.3 Å². The minimum absolute atomic E-state index is 0.928. The molecule has 0 aliphatic carbocycles. The molecule has 1 N–H and O–H groups in total. The maximum Gasteiger partial charge on any atom is 0.0366 e. The SMILES string of the molecule is c1ccc(N2CCC(C3CCNCC3)C2)cc1. The van der Waals surface area contributed by atoms with E-state index in [9.17, 15) is 0 Å². The molecule has 92 valence electrons. The van der Waals surface area contributed by atoms with E-state index < -0.39 is 0 Å². The molecular weight excluding hydrogens is 208 g/mol. The Morgan fingerprint density at radius 1 is 0.941 bits per heavy atom. The lowest BCUT2D eigenvalue weighted by molar-refractivity contribution is 0.276. The first-order chi connectivity index (χ1) is 8.43. The molecule has 2 fully saturated rings. The summed E-state index contributed by atoms with van der Waals surface area (Å²) in [6, 6.07) is 10.9. The Labute approximate surface area is 104 Å². The molecule has 1 atom stereocenters. The van der Waals surface area contributed by atoms with Crippen LogP contribution in [0.2, 0.25) is 0 Å². The van der Waals surface area contributed by atoms with Crippen molar-refractivity contribution < 1.29 is 0 Å². The third-order valence-corrected chi connectivity index (χ3v) is 4.40. The molecule has 2 heteroatoms. The highest BCUT2D eigenvalue weighted by molar-refractivity contribution is 5.46. The first kappa shape index (κ1) is 11.1. The molecule has 0 amide bonds. The molecule has 2 aliphatic heterocycles. The summed E-state index contributed by atoms with van der Waals surface area (Å²) in [6.45, 7) is 4.98. The summed E-state index contributed by atoms with van der Waals surface area (Å²) in [7, 11) is 0. The zero-order valence-electron chi connectivity index (χ0n) is 10.4. The summed E-state index contributed by atoms with van der Waals surface area (Å²) in [5.74, 6) is 1.89. The molecule has 0 aromatic heterocycles. The molecule has 2 heterocycles. The fourth-order valence-electron chi connectivity index (χ4n) is 3.36. The minimum atomic E-state index is 0.928. The molecule has 1 aromatic rings. The lowest BCUT2D eigenvalue weighted by Crippen LogP contribution is -2.32. The van der Waals surface area contributed by atoms with Crippen molar-refractivity contribution in [1.29, 1.82) is 0 Å². The maximum absolute atomic E-state index is 3.47. The van der Waals surface area contributed by atoms with Crippen molar-refractivity contribution >= 4 is 5.69 Å². The predicted molar refractivity (Wildman–Crippen MR) is 72.4 cm³/mol. The van der Waals surface area contributed by atoms with Gasteiger partial charge in [-0.2, -0.15) is 0 Å². The normalized spacial score (nSPS) is 26.4. The van der Waals surface area contributed by atoms with E-state index in [-0.39, 0.29) is 0 Å². The van der Waals surface area contributed by atoms with E-state index in [4.69, 9.17) is 0 Å². The molecule has 1 unspecified atom stereocenters. The number of nitrogens with one attached hydrogen (secondary N) is 1. The zero-order valence-corrected chi connectivity index (χ0v) is 10.4. The van der Waals surface area contributed by atoms with Crippen molar-refractivity contribution in [3.63, 3.8) is 0 Å². The van der Waals surface area contributed by atoms with E-state index in [0.29, 0.717) is 0 Å². The average Bonchev–Trinajstić information content (AvgIpc) is 2.90. The number of hydrogen-bond donors (Lipinski definition) is 1. The van der Waals surface area contributed by atoms with Crippen LogP contribution in [0.3, 0.4) is 0 Å². The van der Waals surface area contributed by atoms with Crippen LogP contribution in [0.5, 0.6) is 0 Å². The maximum atomic E-state index is 3.47. The van der Waals surface area contributed by atoms with E-state index in [2.05, 4.69) is 40.5 Å². The predicted octanol–water partition coefficient (Wildman–Crippen LogP) is 2.51. The van der Waals surface area contributed by atoms with Crippen LogP contribution in [-0.4, -0.2) is 26.2 Å². The quantitative estimate of drug-likeness (QED) is 0.840. The molecule has 2 nitrogen and oxygen atoms in total. The minimum Gasteiger partial charge on any atom is -0.371 e. The monoisotopic (exact) mass is 230 g/mol. The zero-order chi connectivity index (χ0) is 11.5. The van der Waals surface area contributed by atoms with Crippen LogP contribution in [0, 0.1) is 11.8 Å². The summed E-state index contributed by atoms with van der Waals surface area (Å²) < 4.78 is 0. The van der Waals surface area contributed by atoms with E-state index in [1.165, 1.54) is 51.1 Å². The van der Waals surface area contributed by atoms with E-state index in [1.54, 1.807) is 0 Å². The van der Waals surface area contributed by atoms with Gasteiger partial charge in [-0.05, 0) is 56.3 Å². The van der Waals surface area contributed by atoms with Crippen LogP contribution in [0.25, 0.3) is 0 Å². The Bertz CT molecular complexity index is 343. The van der Waals surface area contributed by atoms with Gasteiger partial charge in [0.15, 0.2) is 0 Å². The second-order valence-electron chi connectivity index (χ2n) is 5.42. The number of nitrogens with zero attached hydrogens (tertiary/aromatic N) is 1. The number of benzene rings is 1. The highest BCUT2D eigenvalue weighted by Crippen LogP contribution is 2.32. The third kappa shape index (κ3) is 2.47. The summed E-state index contributed by atoms with van der Waals surface area (Å²) in [5, 5.41) is 3.47. The lowest BCUT2D eigenvalue weighted by Gasteiger charge is -2.28. The van der Waals surface area contributed by atoms with E-state index in [0.717, 1.165) is 11.8 Å². The second kappa shape index (κ2) is 5.09. The summed E-state index contributed by atoms with van der Waals surface area (Å²) >= 11 is 0. The average molecular weight is 230 g/mol. The van der Waals surface area contributed by atoms with Crippen LogP contribution in [-0.2, 0) is 0 Å². The van der Waals surface area contributed by atoms with Gasteiger partial charge in [0.25, 0.3) is 0 Å². The first-order valence-corrected chi connectivity index (χ1v) is 6.94. The van der Waals surface area contributed by atoms with Gasteiger partial charge in [0.05, 0.1) is 0 Å². The molecule has 0 radical (unpaired) electrons. The Morgan fingerprint density at radius 2 is 1.71 bits per heavy atom. The first-order valence-electron chi connectivity index (χ1n) is 6.94. The highest BCUT2D eigenvalue weighted by Gasteiger charge is 2.30. The number of para-hydroxylation sites is 1. The van der Waals surface area contributed by atoms with Gasteiger partial charge >= 0.3 is 0 Å². The van der Waals surface area contributed by atoms with Gasteiger partial charge in [-0.25, -0.2) is 0 Å². The number of piperidine rings is 1. The fourth-order valence-corrected chi connectivity index (χ4v) is 3.36. The fraction of sp³-hybridized carbons (Fsp3) is 0.600. The van der Waals surface area contributed by atoms with Crippen molar-refractivity contribution in [2.24, 2.45) is 11.8 Å². The van der Waals surface area contributed by atoms with Gasteiger partial charge < -0.3 is 10.2 Å². The smallest absolute Gasteiger partial charge is 0.0366 e. The van der Waals surface area contributed by atoms with Gasteiger partial charge in [-0.3, -0.25) is 0 Å². The van der Waals surface area contributed by atoms with E-state index >= 15 is 0 Å². The van der Waals surface area contributed by atoms with Crippen LogP contribution in [0.4, 0.5) is 5.69 Å². The van der Waals surface area contributed by atoms with Crippen LogP contribution >= 0.6 is 0 Å². The van der Waals surface area contributed by atoms with Gasteiger partial charge in [0.2, 0.25) is 0 Å². The molecule has 0 spiro atoms. The van der Waals surface area contributed by atoms with Gasteiger partial charge in [0.1, 0.15) is 0 Å². The topological polar surface area (TPSA) is 15.3 Å². The number of rotatable bonds is 2. The Morgan fingerprint density at radius 3 is 2.47 bits per heavy atom.